The molecular weight excluding hydrogens is 399 g/mol. The minimum Gasteiger partial charge on any atom is -0.422 e. The number of ether oxygens (including phenoxy) is 1. The molecule has 3 N–H and O–H groups in total. The first-order chi connectivity index (χ1) is 15.1. The summed E-state index contributed by atoms with van der Waals surface area (Å²) in [4.78, 5) is 24.3. The summed E-state index contributed by atoms with van der Waals surface area (Å²) in [5, 5.41) is 3.13. The van der Waals surface area contributed by atoms with Crippen LogP contribution in [-0.4, -0.2) is 51.1 Å². The van der Waals surface area contributed by atoms with Crippen LogP contribution in [0.5, 0.6) is 11.8 Å². The normalized spacial score (nSPS) is 20.0. The topological polar surface area (TPSA) is 115 Å². The van der Waals surface area contributed by atoms with Gasteiger partial charge in [-0.1, -0.05) is 0 Å². The van der Waals surface area contributed by atoms with Crippen molar-refractivity contribution in [3.05, 3.63) is 41.9 Å². The Kier molecular flexibility index (Phi) is 3.88. The summed E-state index contributed by atoms with van der Waals surface area (Å²) in [6.45, 7) is 1.56. The zero-order valence-electron chi connectivity index (χ0n) is 17.0. The molecule has 0 amide bonds. The quantitative estimate of drug-likeness (QED) is 0.512. The number of nitrogens with zero attached hydrogens (tertiary/aromatic N) is 6. The number of hydrogen-bond acceptors (Lipinski definition) is 9. The van der Waals surface area contributed by atoms with Gasteiger partial charge in [-0.3, -0.25) is 4.98 Å². The Balaban J connectivity index is 1.47. The average Bonchev–Trinajstić information content (AvgIpc) is 3.33. The zero-order valence-corrected chi connectivity index (χ0v) is 17.0. The van der Waals surface area contributed by atoms with Gasteiger partial charge < -0.3 is 20.7 Å². The number of pyridine rings is 1. The highest BCUT2D eigenvalue weighted by atomic mass is 19.1. The number of nitrogens with one attached hydrogen (secondary N) is 1. The predicted molar refractivity (Wildman–Crippen MR) is 112 cm³/mol. The van der Waals surface area contributed by atoms with E-state index in [0.717, 1.165) is 59.7 Å². The van der Waals surface area contributed by atoms with Gasteiger partial charge in [0.15, 0.2) is 5.75 Å². The summed E-state index contributed by atoms with van der Waals surface area (Å²) < 4.78 is 19.4. The van der Waals surface area contributed by atoms with E-state index in [0.29, 0.717) is 13.0 Å². The monoisotopic (exact) mass is 420 g/mol. The highest BCUT2D eigenvalue weighted by Gasteiger charge is 2.54. The first kappa shape index (κ1) is 18.4. The molecule has 3 aromatic rings. The van der Waals surface area contributed by atoms with Crippen molar-refractivity contribution in [3.63, 3.8) is 0 Å². The average molecular weight is 420 g/mol. The Morgan fingerprint density at radius 3 is 2.87 bits per heavy atom. The second-order valence-electron chi connectivity index (χ2n) is 8.42. The molecule has 0 radical (unpaired) electrons. The third-order valence-electron chi connectivity index (χ3n) is 6.50. The van der Waals surface area contributed by atoms with E-state index in [9.17, 15) is 4.39 Å². The van der Waals surface area contributed by atoms with Crippen molar-refractivity contribution in [3.8, 4) is 23.0 Å². The molecule has 4 heterocycles. The fourth-order valence-corrected chi connectivity index (χ4v) is 4.69. The van der Waals surface area contributed by atoms with Gasteiger partial charge in [-0.25, -0.2) is 14.4 Å². The molecule has 0 aromatic carbocycles. The molecule has 6 rings (SSSR count). The van der Waals surface area contributed by atoms with E-state index in [1.165, 1.54) is 12.3 Å². The van der Waals surface area contributed by atoms with Gasteiger partial charge in [0.2, 0.25) is 0 Å². The molecule has 2 aliphatic carbocycles. The Hall–Kier alpha value is -3.40. The van der Waals surface area contributed by atoms with Gasteiger partial charge in [0.05, 0.1) is 29.3 Å². The molecule has 1 saturated carbocycles. The van der Waals surface area contributed by atoms with Gasteiger partial charge in [-0.05, 0) is 12.8 Å². The molecule has 1 saturated heterocycles. The predicted octanol–water partition coefficient (Wildman–Crippen LogP) is 2.13. The van der Waals surface area contributed by atoms with E-state index < -0.39 is 5.82 Å². The molecular formula is C21H21FN8O. The Morgan fingerprint density at radius 1 is 1.26 bits per heavy atom. The first-order valence-corrected chi connectivity index (χ1v) is 10.3. The Morgan fingerprint density at radius 2 is 2.13 bits per heavy atom. The van der Waals surface area contributed by atoms with Crippen LogP contribution in [0.15, 0.2) is 24.8 Å². The molecule has 3 aromatic heterocycles. The first-order valence-electron chi connectivity index (χ1n) is 10.3. The van der Waals surface area contributed by atoms with Gasteiger partial charge in [-0.15, -0.1) is 0 Å². The van der Waals surface area contributed by atoms with Crippen molar-refractivity contribution in [1.82, 2.24) is 24.9 Å². The minimum absolute atomic E-state index is 0.106. The van der Waals surface area contributed by atoms with Crippen LogP contribution in [-0.2, 0) is 6.42 Å². The fraction of sp³-hybridized carbons (Fsp3) is 0.381. The van der Waals surface area contributed by atoms with Crippen LogP contribution in [0.4, 0.5) is 16.0 Å². The third kappa shape index (κ3) is 2.89. The van der Waals surface area contributed by atoms with E-state index >= 15 is 0 Å². The largest absolute Gasteiger partial charge is 0.422 e. The van der Waals surface area contributed by atoms with Crippen LogP contribution >= 0.6 is 0 Å². The van der Waals surface area contributed by atoms with Crippen LogP contribution in [0.1, 0.15) is 24.1 Å². The second-order valence-corrected chi connectivity index (χ2v) is 8.42. The van der Waals surface area contributed by atoms with Crippen LogP contribution in [0, 0.1) is 11.2 Å². The maximum absolute atomic E-state index is 13.6. The van der Waals surface area contributed by atoms with Crippen LogP contribution in [0.3, 0.4) is 0 Å². The van der Waals surface area contributed by atoms with E-state index in [4.69, 9.17) is 15.5 Å². The van der Waals surface area contributed by atoms with Crippen molar-refractivity contribution < 1.29 is 9.13 Å². The Bertz CT molecular complexity index is 1200. The number of fused-ring (bicyclic) bond motifs is 3. The molecule has 0 bridgehead atoms. The number of anilines is 2. The van der Waals surface area contributed by atoms with Crippen molar-refractivity contribution >= 4 is 11.6 Å². The number of nitrogens with two attached hydrogens (primary N) is 1. The molecule has 9 nitrogen and oxygen atoms in total. The lowest BCUT2D eigenvalue weighted by molar-refractivity contribution is 0.433. The minimum atomic E-state index is -0.485. The van der Waals surface area contributed by atoms with E-state index in [2.05, 4.69) is 30.2 Å². The molecule has 2 fully saturated rings. The van der Waals surface area contributed by atoms with Crippen molar-refractivity contribution in [2.75, 3.05) is 30.4 Å². The molecule has 1 aliphatic heterocycles. The second kappa shape index (κ2) is 6.55. The van der Waals surface area contributed by atoms with Gasteiger partial charge in [0.25, 0.3) is 0 Å². The van der Waals surface area contributed by atoms with Gasteiger partial charge in [0.1, 0.15) is 23.8 Å². The maximum Gasteiger partial charge on any atom is 0.324 e. The molecule has 10 heteroatoms. The van der Waals surface area contributed by atoms with E-state index in [1.54, 1.807) is 6.33 Å². The van der Waals surface area contributed by atoms with Crippen LogP contribution in [0.2, 0.25) is 0 Å². The summed E-state index contributed by atoms with van der Waals surface area (Å²) in [5.74, 6) is 1.28. The van der Waals surface area contributed by atoms with E-state index in [1.807, 2.05) is 7.05 Å². The highest BCUT2D eigenvalue weighted by Crippen LogP contribution is 2.54. The smallest absolute Gasteiger partial charge is 0.324 e. The van der Waals surface area contributed by atoms with Gasteiger partial charge >= 0.3 is 6.01 Å². The summed E-state index contributed by atoms with van der Waals surface area (Å²) in [6.07, 6.45) is 6.93. The van der Waals surface area contributed by atoms with E-state index in [-0.39, 0.29) is 23.2 Å². The zero-order chi connectivity index (χ0) is 21.2. The standard InChI is InChI=1S/C21H21FN8O/c1-24-18-13-5-14-16(17(13)26-10-27-18)19(30-8-15(23)21(9-30)2-3-21)29-20(28-14)31-12-4-11(22)6-25-7-12/h4,6-7,10,15H,2-3,5,8-9,23H2,1H3,(H,24,26,27). The molecule has 158 valence electrons. The third-order valence-corrected chi connectivity index (χ3v) is 6.50. The van der Waals surface area contributed by atoms with Crippen LogP contribution in [0.25, 0.3) is 11.3 Å². The van der Waals surface area contributed by atoms with Gasteiger partial charge in [0, 0.05) is 49.6 Å². The lowest BCUT2D eigenvalue weighted by Gasteiger charge is -2.21. The van der Waals surface area contributed by atoms with Gasteiger partial charge in [-0.2, -0.15) is 9.97 Å². The lowest BCUT2D eigenvalue weighted by Crippen LogP contribution is -2.30. The Labute approximate surface area is 177 Å². The maximum atomic E-state index is 13.6. The van der Waals surface area contributed by atoms with Crippen molar-refractivity contribution in [2.45, 2.75) is 25.3 Å². The van der Waals surface area contributed by atoms with Crippen molar-refractivity contribution in [2.24, 2.45) is 11.1 Å². The summed E-state index contributed by atoms with van der Waals surface area (Å²) in [7, 11) is 1.83. The summed E-state index contributed by atoms with van der Waals surface area (Å²) in [6, 6.07) is 1.51. The number of halogens is 1. The molecule has 1 atom stereocenters. The number of hydrogen-bond donors (Lipinski definition) is 2. The van der Waals surface area contributed by atoms with Crippen molar-refractivity contribution in [1.29, 1.82) is 0 Å². The molecule has 3 aliphatic rings. The lowest BCUT2D eigenvalue weighted by atomic mass is 10.0. The molecule has 1 unspecified atom stereocenters. The fourth-order valence-electron chi connectivity index (χ4n) is 4.69. The number of rotatable bonds is 4. The SMILES string of the molecule is CNc1ncnc2c1Cc1nc(Oc3cncc(F)c3)nc(N3CC(N)C4(CC4)C3)c1-2. The number of aromatic nitrogens is 5. The summed E-state index contributed by atoms with van der Waals surface area (Å²) in [5.41, 5.74) is 10.1. The highest BCUT2D eigenvalue weighted by molar-refractivity contribution is 5.85. The summed E-state index contributed by atoms with van der Waals surface area (Å²) >= 11 is 0. The molecule has 1 spiro atoms. The van der Waals surface area contributed by atoms with Crippen LogP contribution < -0.4 is 20.7 Å². The molecule has 31 heavy (non-hydrogen) atoms.